The van der Waals surface area contributed by atoms with E-state index in [0.29, 0.717) is 12.8 Å². The Balaban J connectivity index is 1.86. The van der Waals surface area contributed by atoms with E-state index in [2.05, 4.69) is 4.74 Å². The number of ether oxygens (including phenoxy) is 2. The first-order chi connectivity index (χ1) is 13.6. The lowest BCUT2D eigenvalue weighted by Gasteiger charge is -2.21. The summed E-state index contributed by atoms with van der Waals surface area (Å²) in [4.78, 5) is 0. The molecule has 158 valence electrons. The molecule has 2 aromatic carbocycles. The van der Waals surface area contributed by atoms with Gasteiger partial charge in [0, 0.05) is 12.1 Å². The fraction of sp³-hybridized carbons (Fsp3) is 0.400. The van der Waals surface area contributed by atoms with Gasteiger partial charge in [-0.25, -0.2) is 22.0 Å². The third kappa shape index (κ3) is 4.49. The van der Waals surface area contributed by atoms with Crippen LogP contribution in [0, 0.1) is 29.1 Å². The molecule has 0 N–H and O–H groups in total. The van der Waals surface area contributed by atoms with Gasteiger partial charge in [0.15, 0.2) is 17.5 Å². The summed E-state index contributed by atoms with van der Waals surface area (Å²) < 4.78 is 106. The maximum atomic E-state index is 14.4. The Morgan fingerprint density at radius 1 is 0.931 bits per heavy atom. The summed E-state index contributed by atoms with van der Waals surface area (Å²) in [6, 6.07) is 1.74. The Hall–Kier alpha value is -2.29. The summed E-state index contributed by atoms with van der Waals surface area (Å²) >= 11 is 0. The summed E-state index contributed by atoms with van der Waals surface area (Å²) in [6.07, 6.45) is -2.48. The Kier molecular flexibility index (Phi) is 6.07. The number of hydrogen-bond acceptors (Lipinski definition) is 2. The standard InChI is InChI=1S/C20H17F7O2/c1-2-3-11-4-5-17(28-11)10-6-13(21)18(14(22)7-10)20(26,27)29-12-8-15(23)19(25)16(24)9-12/h6-9,11,17H,2-5H2,1H3. The minimum atomic E-state index is -4.61. The third-order valence-corrected chi connectivity index (χ3v) is 4.65. The van der Waals surface area contributed by atoms with Gasteiger partial charge in [-0.05, 0) is 37.0 Å². The molecule has 1 aliphatic heterocycles. The van der Waals surface area contributed by atoms with Crippen molar-refractivity contribution < 1.29 is 40.2 Å². The molecule has 3 rings (SSSR count). The molecule has 2 aromatic rings. The topological polar surface area (TPSA) is 18.5 Å². The highest BCUT2D eigenvalue weighted by molar-refractivity contribution is 5.32. The Morgan fingerprint density at radius 2 is 1.52 bits per heavy atom. The van der Waals surface area contributed by atoms with Gasteiger partial charge in [-0.15, -0.1) is 0 Å². The second-order valence-electron chi connectivity index (χ2n) is 6.79. The van der Waals surface area contributed by atoms with Gasteiger partial charge in [-0.3, -0.25) is 0 Å². The molecule has 0 spiro atoms. The zero-order chi connectivity index (χ0) is 21.3. The van der Waals surface area contributed by atoms with Crippen molar-refractivity contribution in [3.05, 3.63) is 64.5 Å². The van der Waals surface area contributed by atoms with Crippen LogP contribution in [0.4, 0.5) is 30.7 Å². The number of hydrogen-bond donors (Lipinski definition) is 0. The molecule has 1 aliphatic rings. The highest BCUT2D eigenvalue weighted by Gasteiger charge is 2.42. The quantitative estimate of drug-likeness (QED) is 0.389. The van der Waals surface area contributed by atoms with Crippen LogP contribution in [-0.4, -0.2) is 6.10 Å². The van der Waals surface area contributed by atoms with Gasteiger partial charge in [0.1, 0.15) is 22.9 Å². The number of rotatable bonds is 6. The molecule has 2 unspecified atom stereocenters. The van der Waals surface area contributed by atoms with Gasteiger partial charge in [-0.2, -0.15) is 8.78 Å². The van der Waals surface area contributed by atoms with Crippen LogP contribution in [0.5, 0.6) is 5.75 Å². The molecule has 1 heterocycles. The summed E-state index contributed by atoms with van der Waals surface area (Å²) in [5, 5.41) is 0. The lowest BCUT2D eigenvalue weighted by molar-refractivity contribution is -0.189. The van der Waals surface area contributed by atoms with Crippen LogP contribution in [-0.2, 0) is 10.8 Å². The highest BCUT2D eigenvalue weighted by atomic mass is 19.3. The van der Waals surface area contributed by atoms with Crippen molar-refractivity contribution in [3.63, 3.8) is 0 Å². The third-order valence-electron chi connectivity index (χ3n) is 4.65. The molecule has 1 saturated heterocycles. The number of benzene rings is 2. The van der Waals surface area contributed by atoms with Crippen molar-refractivity contribution in [1.29, 1.82) is 0 Å². The normalized spacial score (nSPS) is 19.6. The van der Waals surface area contributed by atoms with Crippen molar-refractivity contribution in [2.75, 3.05) is 0 Å². The second-order valence-corrected chi connectivity index (χ2v) is 6.79. The van der Waals surface area contributed by atoms with Crippen LogP contribution in [0.25, 0.3) is 0 Å². The van der Waals surface area contributed by atoms with Crippen molar-refractivity contribution in [2.24, 2.45) is 0 Å². The summed E-state index contributed by atoms with van der Waals surface area (Å²) in [5.74, 6) is -9.79. The maximum absolute atomic E-state index is 14.4. The first-order valence-corrected chi connectivity index (χ1v) is 8.98. The largest absolute Gasteiger partial charge is 0.432 e. The van der Waals surface area contributed by atoms with Crippen molar-refractivity contribution in [3.8, 4) is 5.75 Å². The monoisotopic (exact) mass is 422 g/mol. The molecule has 0 amide bonds. The van der Waals surface area contributed by atoms with Crippen LogP contribution in [0.3, 0.4) is 0 Å². The van der Waals surface area contributed by atoms with Gasteiger partial charge in [0.2, 0.25) is 0 Å². The molecular formula is C20H17F7O2. The smallest absolute Gasteiger partial charge is 0.429 e. The van der Waals surface area contributed by atoms with Gasteiger partial charge in [0.25, 0.3) is 0 Å². The maximum Gasteiger partial charge on any atom is 0.432 e. The number of alkyl halides is 2. The van der Waals surface area contributed by atoms with E-state index in [1.165, 1.54) is 0 Å². The first-order valence-electron chi connectivity index (χ1n) is 8.98. The Labute approximate surface area is 162 Å². The molecule has 2 nitrogen and oxygen atoms in total. The zero-order valence-corrected chi connectivity index (χ0v) is 15.3. The average molecular weight is 422 g/mol. The fourth-order valence-electron chi connectivity index (χ4n) is 3.33. The van der Waals surface area contributed by atoms with Crippen molar-refractivity contribution in [1.82, 2.24) is 0 Å². The van der Waals surface area contributed by atoms with E-state index in [9.17, 15) is 30.7 Å². The van der Waals surface area contributed by atoms with E-state index in [1.807, 2.05) is 6.92 Å². The molecule has 29 heavy (non-hydrogen) atoms. The molecular weight excluding hydrogens is 405 g/mol. The van der Waals surface area contributed by atoms with E-state index in [0.717, 1.165) is 25.0 Å². The minimum Gasteiger partial charge on any atom is -0.429 e. The van der Waals surface area contributed by atoms with Crippen LogP contribution in [0.15, 0.2) is 24.3 Å². The molecule has 0 aliphatic carbocycles. The molecule has 0 bridgehead atoms. The zero-order valence-electron chi connectivity index (χ0n) is 15.3. The lowest BCUT2D eigenvalue weighted by Crippen LogP contribution is -2.25. The fourth-order valence-corrected chi connectivity index (χ4v) is 3.33. The molecule has 1 fully saturated rings. The van der Waals surface area contributed by atoms with Crippen LogP contribution in [0.2, 0.25) is 0 Å². The van der Waals surface area contributed by atoms with Gasteiger partial charge in [-0.1, -0.05) is 13.3 Å². The molecule has 2 atom stereocenters. The lowest BCUT2D eigenvalue weighted by atomic mass is 10.0. The highest BCUT2D eigenvalue weighted by Crippen LogP contribution is 2.39. The minimum absolute atomic E-state index is 0.0659. The second kappa shape index (κ2) is 8.22. The molecule has 0 aromatic heterocycles. The van der Waals surface area contributed by atoms with E-state index in [1.54, 1.807) is 0 Å². The van der Waals surface area contributed by atoms with Crippen LogP contribution < -0.4 is 4.74 Å². The molecule has 0 saturated carbocycles. The number of halogens is 7. The van der Waals surface area contributed by atoms with E-state index >= 15 is 0 Å². The molecule has 0 radical (unpaired) electrons. The van der Waals surface area contributed by atoms with E-state index in [-0.39, 0.29) is 23.8 Å². The summed E-state index contributed by atoms with van der Waals surface area (Å²) in [6.45, 7) is 1.96. The van der Waals surface area contributed by atoms with Gasteiger partial charge in [0.05, 0.1) is 12.2 Å². The Morgan fingerprint density at radius 3 is 2.07 bits per heavy atom. The summed E-state index contributed by atoms with van der Waals surface area (Å²) in [5.41, 5.74) is -1.66. The van der Waals surface area contributed by atoms with E-state index < -0.39 is 52.6 Å². The van der Waals surface area contributed by atoms with Gasteiger partial charge < -0.3 is 9.47 Å². The van der Waals surface area contributed by atoms with Crippen LogP contribution >= 0.6 is 0 Å². The van der Waals surface area contributed by atoms with Crippen molar-refractivity contribution in [2.45, 2.75) is 50.9 Å². The Bertz CT molecular complexity index is 854. The van der Waals surface area contributed by atoms with Crippen LogP contribution in [0.1, 0.15) is 49.8 Å². The summed E-state index contributed by atoms with van der Waals surface area (Å²) in [7, 11) is 0. The average Bonchev–Trinajstić information content (AvgIpc) is 3.07. The first kappa shape index (κ1) is 21.4. The predicted molar refractivity (Wildman–Crippen MR) is 89.0 cm³/mol. The SMILES string of the molecule is CCCC1CCC(c2cc(F)c(C(F)(F)Oc3cc(F)c(F)c(F)c3)c(F)c2)O1. The predicted octanol–water partition coefficient (Wildman–Crippen LogP) is 6.53. The van der Waals surface area contributed by atoms with E-state index in [4.69, 9.17) is 4.74 Å². The van der Waals surface area contributed by atoms with Gasteiger partial charge >= 0.3 is 6.11 Å². The van der Waals surface area contributed by atoms with Crippen molar-refractivity contribution >= 4 is 0 Å². The molecule has 9 heteroatoms.